The first kappa shape index (κ1) is 13.6. The third kappa shape index (κ3) is 5.14. The first-order valence-corrected chi connectivity index (χ1v) is 6.49. The first-order chi connectivity index (χ1) is 9.34. The minimum Gasteiger partial charge on any atom is -0.489 e. The molecule has 0 aliphatic carbocycles. The lowest BCUT2D eigenvalue weighted by Gasteiger charge is -2.22. The van der Waals surface area contributed by atoms with Gasteiger partial charge in [-0.05, 0) is 24.5 Å². The van der Waals surface area contributed by atoms with Crippen LogP contribution in [0.15, 0.2) is 36.6 Å². The molecule has 1 aliphatic heterocycles. The number of benzene rings is 1. The summed E-state index contributed by atoms with van der Waals surface area (Å²) in [5.41, 5.74) is 1.02. The quantitative estimate of drug-likeness (QED) is 0.604. The molecule has 1 atom stereocenters. The second-order valence-corrected chi connectivity index (χ2v) is 4.31. The molecule has 4 nitrogen and oxygen atoms in total. The summed E-state index contributed by atoms with van der Waals surface area (Å²) in [7, 11) is 0. The number of hydrogen-bond acceptors (Lipinski definition) is 4. The van der Waals surface area contributed by atoms with Crippen LogP contribution in [0.3, 0.4) is 0 Å². The number of rotatable bonds is 5. The smallest absolute Gasteiger partial charge is 0.346 e. The summed E-state index contributed by atoms with van der Waals surface area (Å²) in [6.07, 6.45) is 5.73. The Morgan fingerprint density at radius 1 is 1.32 bits per heavy atom. The molecule has 4 heteroatoms. The molecule has 2 rings (SSSR count). The van der Waals surface area contributed by atoms with Crippen LogP contribution in [-0.2, 0) is 19.0 Å². The number of ether oxygens (including phenoxy) is 3. The molecular weight excluding hydrogens is 244 g/mol. The third-order valence-electron chi connectivity index (χ3n) is 2.76. The van der Waals surface area contributed by atoms with E-state index in [1.807, 2.05) is 30.3 Å². The Morgan fingerprint density at radius 3 is 2.89 bits per heavy atom. The Hall–Kier alpha value is -1.81. The topological polar surface area (TPSA) is 44.8 Å². The maximum Gasteiger partial charge on any atom is 0.346 e. The average Bonchev–Trinajstić information content (AvgIpc) is 2.46. The largest absolute Gasteiger partial charge is 0.489 e. The van der Waals surface area contributed by atoms with E-state index in [9.17, 15) is 4.79 Å². The van der Waals surface area contributed by atoms with Crippen LogP contribution in [0.1, 0.15) is 24.8 Å². The van der Waals surface area contributed by atoms with Crippen LogP contribution in [0.25, 0.3) is 6.08 Å². The zero-order valence-corrected chi connectivity index (χ0v) is 10.8. The molecule has 0 saturated carbocycles. The molecule has 0 bridgehead atoms. The van der Waals surface area contributed by atoms with Crippen molar-refractivity contribution in [2.24, 2.45) is 0 Å². The Balaban J connectivity index is 1.65. The minimum atomic E-state index is -0.400. The van der Waals surface area contributed by atoms with Crippen molar-refractivity contribution in [1.29, 1.82) is 0 Å². The predicted octanol–water partition coefficient (Wildman–Crippen LogP) is 2.74. The number of esters is 1. The summed E-state index contributed by atoms with van der Waals surface area (Å²) in [4.78, 5) is 11.5. The zero-order chi connectivity index (χ0) is 13.3. The Kier molecular flexibility index (Phi) is 5.44. The molecule has 1 fully saturated rings. The van der Waals surface area contributed by atoms with Gasteiger partial charge in [-0.15, -0.1) is 0 Å². The summed E-state index contributed by atoms with van der Waals surface area (Å²) < 4.78 is 15.6. The average molecular weight is 262 g/mol. The molecule has 1 aliphatic rings. The van der Waals surface area contributed by atoms with Crippen molar-refractivity contribution >= 4 is 12.0 Å². The van der Waals surface area contributed by atoms with E-state index in [-0.39, 0.29) is 6.61 Å². The van der Waals surface area contributed by atoms with Gasteiger partial charge in [0.05, 0.1) is 12.9 Å². The van der Waals surface area contributed by atoms with E-state index < -0.39 is 12.3 Å². The molecule has 0 radical (unpaired) electrons. The Morgan fingerprint density at radius 2 is 2.16 bits per heavy atom. The van der Waals surface area contributed by atoms with Gasteiger partial charge in [-0.1, -0.05) is 30.3 Å². The molecule has 1 aromatic carbocycles. The van der Waals surface area contributed by atoms with Gasteiger partial charge < -0.3 is 14.2 Å². The van der Waals surface area contributed by atoms with E-state index in [0.29, 0.717) is 6.61 Å². The maximum atomic E-state index is 11.5. The van der Waals surface area contributed by atoms with E-state index in [0.717, 1.165) is 24.8 Å². The summed E-state index contributed by atoms with van der Waals surface area (Å²) in [6, 6.07) is 9.73. The van der Waals surface area contributed by atoms with E-state index in [1.165, 1.54) is 6.26 Å². The van der Waals surface area contributed by atoms with Crippen molar-refractivity contribution in [3.8, 4) is 0 Å². The van der Waals surface area contributed by atoms with Gasteiger partial charge in [0.2, 0.25) is 6.29 Å². The standard InChI is InChI=1S/C15H18O4/c16-14(19-15-8-4-5-10-18-15)12-17-11-9-13-6-2-1-3-7-13/h1-3,6-7,9,11,15H,4-5,8,10,12H2. The van der Waals surface area contributed by atoms with Gasteiger partial charge in [-0.25, -0.2) is 4.79 Å². The van der Waals surface area contributed by atoms with Crippen LogP contribution in [0, 0.1) is 0 Å². The summed E-state index contributed by atoms with van der Waals surface area (Å²) in [5, 5.41) is 0. The molecule has 0 amide bonds. The SMILES string of the molecule is O=C(COC=Cc1ccccc1)OC1CCCCO1. The lowest BCUT2D eigenvalue weighted by molar-refractivity contribution is -0.189. The summed E-state index contributed by atoms with van der Waals surface area (Å²) >= 11 is 0. The Bertz CT molecular complexity index is 407. The lowest BCUT2D eigenvalue weighted by atomic mass is 10.2. The lowest BCUT2D eigenvalue weighted by Crippen LogP contribution is -2.26. The molecule has 1 saturated heterocycles. The van der Waals surface area contributed by atoms with Crippen molar-refractivity contribution < 1.29 is 19.0 Å². The van der Waals surface area contributed by atoms with Crippen LogP contribution in [0.4, 0.5) is 0 Å². The van der Waals surface area contributed by atoms with Gasteiger partial charge in [-0.3, -0.25) is 0 Å². The monoisotopic (exact) mass is 262 g/mol. The molecule has 1 aromatic rings. The van der Waals surface area contributed by atoms with Crippen molar-refractivity contribution in [3.05, 3.63) is 42.2 Å². The van der Waals surface area contributed by atoms with Crippen molar-refractivity contribution in [2.45, 2.75) is 25.6 Å². The van der Waals surface area contributed by atoms with Gasteiger partial charge in [0, 0.05) is 6.42 Å². The zero-order valence-electron chi connectivity index (χ0n) is 10.8. The predicted molar refractivity (Wildman–Crippen MR) is 71.1 cm³/mol. The van der Waals surface area contributed by atoms with Crippen LogP contribution in [0.2, 0.25) is 0 Å². The second kappa shape index (κ2) is 7.59. The van der Waals surface area contributed by atoms with Gasteiger partial charge in [0.15, 0.2) is 6.61 Å². The van der Waals surface area contributed by atoms with Crippen LogP contribution in [0.5, 0.6) is 0 Å². The fourth-order valence-electron chi connectivity index (χ4n) is 1.79. The van der Waals surface area contributed by atoms with Gasteiger partial charge in [0.25, 0.3) is 0 Å². The van der Waals surface area contributed by atoms with E-state index >= 15 is 0 Å². The Labute approximate surface area is 113 Å². The van der Waals surface area contributed by atoms with Crippen molar-refractivity contribution in [1.82, 2.24) is 0 Å². The highest BCUT2D eigenvalue weighted by Gasteiger charge is 2.17. The highest BCUT2D eigenvalue weighted by molar-refractivity contribution is 5.71. The van der Waals surface area contributed by atoms with E-state index in [4.69, 9.17) is 14.2 Å². The molecule has 0 aromatic heterocycles. The molecule has 0 spiro atoms. The normalized spacial score (nSPS) is 19.3. The fraction of sp³-hybridized carbons (Fsp3) is 0.400. The van der Waals surface area contributed by atoms with Gasteiger partial charge in [-0.2, -0.15) is 0 Å². The van der Waals surface area contributed by atoms with Crippen molar-refractivity contribution in [3.63, 3.8) is 0 Å². The minimum absolute atomic E-state index is 0.0941. The number of carbonyl (C=O) groups excluding carboxylic acids is 1. The van der Waals surface area contributed by atoms with Crippen LogP contribution in [-0.4, -0.2) is 25.5 Å². The number of hydrogen-bond donors (Lipinski definition) is 0. The molecule has 0 N–H and O–H groups in total. The first-order valence-electron chi connectivity index (χ1n) is 6.49. The van der Waals surface area contributed by atoms with Crippen molar-refractivity contribution in [2.75, 3.05) is 13.2 Å². The molecule has 1 unspecified atom stereocenters. The molecule has 1 heterocycles. The second-order valence-electron chi connectivity index (χ2n) is 4.31. The summed E-state index contributed by atoms with van der Waals surface area (Å²) in [6.45, 7) is 0.565. The maximum absolute atomic E-state index is 11.5. The number of carbonyl (C=O) groups is 1. The molecule has 19 heavy (non-hydrogen) atoms. The van der Waals surface area contributed by atoms with E-state index in [1.54, 1.807) is 6.08 Å². The summed E-state index contributed by atoms with van der Waals surface area (Å²) in [5.74, 6) is -0.399. The van der Waals surface area contributed by atoms with Gasteiger partial charge in [0.1, 0.15) is 0 Å². The van der Waals surface area contributed by atoms with Crippen LogP contribution >= 0.6 is 0 Å². The molecular formula is C15H18O4. The van der Waals surface area contributed by atoms with E-state index in [2.05, 4.69) is 0 Å². The van der Waals surface area contributed by atoms with Crippen LogP contribution < -0.4 is 0 Å². The molecule has 102 valence electrons. The van der Waals surface area contributed by atoms with Gasteiger partial charge >= 0.3 is 5.97 Å². The third-order valence-corrected chi connectivity index (χ3v) is 2.76. The highest BCUT2D eigenvalue weighted by atomic mass is 16.7. The highest BCUT2D eigenvalue weighted by Crippen LogP contribution is 2.13. The fourth-order valence-corrected chi connectivity index (χ4v) is 1.79.